The third-order valence-corrected chi connectivity index (χ3v) is 4.46. The SMILES string of the molecule is c1ccc(Cc2nc(C3CCN(c4ncccn4)CC3)n[nH]2)cc1. The third-order valence-electron chi connectivity index (χ3n) is 4.46. The van der Waals surface area contributed by atoms with E-state index in [0.717, 1.165) is 49.9 Å². The number of nitrogens with zero attached hydrogens (tertiary/aromatic N) is 5. The van der Waals surface area contributed by atoms with Crippen LogP contribution in [0.3, 0.4) is 0 Å². The molecule has 0 saturated carbocycles. The molecule has 3 heterocycles. The summed E-state index contributed by atoms with van der Waals surface area (Å²) >= 11 is 0. The minimum absolute atomic E-state index is 0.408. The van der Waals surface area contributed by atoms with Crippen molar-refractivity contribution in [1.29, 1.82) is 0 Å². The molecule has 1 aliphatic rings. The van der Waals surface area contributed by atoms with E-state index in [1.165, 1.54) is 5.56 Å². The Hall–Kier alpha value is -2.76. The molecule has 0 radical (unpaired) electrons. The maximum atomic E-state index is 4.71. The minimum Gasteiger partial charge on any atom is -0.341 e. The van der Waals surface area contributed by atoms with Gasteiger partial charge in [0.1, 0.15) is 5.82 Å². The van der Waals surface area contributed by atoms with Gasteiger partial charge in [-0.05, 0) is 24.5 Å². The molecule has 0 amide bonds. The number of aromatic amines is 1. The Bertz CT molecular complexity index is 762. The second-order valence-corrected chi connectivity index (χ2v) is 6.11. The highest BCUT2D eigenvalue weighted by molar-refractivity contribution is 5.29. The molecule has 0 unspecified atom stereocenters. The lowest BCUT2D eigenvalue weighted by Crippen LogP contribution is -2.34. The van der Waals surface area contributed by atoms with E-state index >= 15 is 0 Å². The summed E-state index contributed by atoms with van der Waals surface area (Å²) in [6.45, 7) is 1.88. The van der Waals surface area contributed by atoms with Crippen molar-refractivity contribution < 1.29 is 0 Å². The highest BCUT2D eigenvalue weighted by Gasteiger charge is 2.24. The van der Waals surface area contributed by atoms with Crippen molar-refractivity contribution in [2.24, 2.45) is 0 Å². The van der Waals surface area contributed by atoms with Crippen molar-refractivity contribution in [2.75, 3.05) is 18.0 Å². The zero-order chi connectivity index (χ0) is 16.2. The van der Waals surface area contributed by atoms with Crippen LogP contribution in [-0.4, -0.2) is 38.2 Å². The standard InChI is InChI=1S/C18H20N6/c1-2-5-14(6-3-1)13-16-21-17(23-22-16)15-7-11-24(12-8-15)18-19-9-4-10-20-18/h1-6,9-10,15H,7-8,11-13H2,(H,21,22,23). The Labute approximate surface area is 141 Å². The molecule has 2 aromatic heterocycles. The van der Waals surface area contributed by atoms with Crippen molar-refractivity contribution in [1.82, 2.24) is 25.1 Å². The molecule has 24 heavy (non-hydrogen) atoms. The first kappa shape index (κ1) is 14.8. The largest absolute Gasteiger partial charge is 0.341 e. The van der Waals surface area contributed by atoms with Gasteiger partial charge in [0.2, 0.25) is 5.95 Å². The molecular weight excluding hydrogens is 300 g/mol. The van der Waals surface area contributed by atoms with Gasteiger partial charge in [-0.1, -0.05) is 30.3 Å². The van der Waals surface area contributed by atoms with Crippen LogP contribution in [0.1, 0.15) is 36.0 Å². The lowest BCUT2D eigenvalue weighted by molar-refractivity contribution is 0.481. The van der Waals surface area contributed by atoms with Gasteiger partial charge in [-0.2, -0.15) is 5.10 Å². The van der Waals surface area contributed by atoms with Gasteiger partial charge in [-0.15, -0.1) is 0 Å². The number of rotatable bonds is 4. The monoisotopic (exact) mass is 320 g/mol. The number of H-pyrrole nitrogens is 1. The summed E-state index contributed by atoms with van der Waals surface area (Å²) < 4.78 is 0. The number of aromatic nitrogens is 5. The smallest absolute Gasteiger partial charge is 0.225 e. The van der Waals surface area contributed by atoms with E-state index in [0.29, 0.717) is 5.92 Å². The average Bonchev–Trinajstić information content (AvgIpc) is 3.12. The molecule has 0 bridgehead atoms. The third kappa shape index (κ3) is 3.27. The molecular formula is C18H20N6. The van der Waals surface area contributed by atoms with E-state index < -0.39 is 0 Å². The van der Waals surface area contributed by atoms with E-state index in [9.17, 15) is 0 Å². The molecule has 4 rings (SSSR count). The zero-order valence-electron chi connectivity index (χ0n) is 13.5. The molecule has 0 spiro atoms. The van der Waals surface area contributed by atoms with E-state index in [-0.39, 0.29) is 0 Å². The van der Waals surface area contributed by atoms with Gasteiger partial charge in [0, 0.05) is 37.8 Å². The fourth-order valence-electron chi connectivity index (χ4n) is 3.15. The van der Waals surface area contributed by atoms with Gasteiger partial charge in [0.05, 0.1) is 0 Å². The lowest BCUT2D eigenvalue weighted by atomic mass is 9.96. The van der Waals surface area contributed by atoms with Gasteiger partial charge in [0.25, 0.3) is 0 Å². The van der Waals surface area contributed by atoms with Crippen LogP contribution in [0.4, 0.5) is 5.95 Å². The fourth-order valence-corrected chi connectivity index (χ4v) is 3.15. The maximum Gasteiger partial charge on any atom is 0.225 e. The van der Waals surface area contributed by atoms with Gasteiger partial charge >= 0.3 is 0 Å². The van der Waals surface area contributed by atoms with Gasteiger partial charge in [-0.25, -0.2) is 15.0 Å². The number of hydrogen-bond acceptors (Lipinski definition) is 5. The highest BCUT2D eigenvalue weighted by Crippen LogP contribution is 2.27. The van der Waals surface area contributed by atoms with Crippen LogP contribution in [0, 0.1) is 0 Å². The molecule has 3 aromatic rings. The highest BCUT2D eigenvalue weighted by atomic mass is 15.3. The Morgan fingerprint density at radius 1 is 1.00 bits per heavy atom. The van der Waals surface area contributed by atoms with E-state index in [2.05, 4.69) is 37.2 Å². The number of hydrogen-bond donors (Lipinski definition) is 1. The average molecular weight is 320 g/mol. The number of nitrogens with one attached hydrogen (secondary N) is 1. The van der Waals surface area contributed by atoms with Crippen LogP contribution in [0.5, 0.6) is 0 Å². The van der Waals surface area contributed by atoms with Gasteiger partial charge in [-0.3, -0.25) is 5.10 Å². The summed E-state index contributed by atoms with van der Waals surface area (Å²) in [6.07, 6.45) is 6.44. The molecule has 1 aromatic carbocycles. The molecule has 1 fully saturated rings. The zero-order valence-corrected chi connectivity index (χ0v) is 13.5. The second-order valence-electron chi connectivity index (χ2n) is 6.11. The summed E-state index contributed by atoms with van der Waals surface area (Å²) in [5.74, 6) is 3.10. The van der Waals surface area contributed by atoms with Gasteiger partial charge in [0.15, 0.2) is 5.82 Å². The maximum absolute atomic E-state index is 4.71. The van der Waals surface area contributed by atoms with Crippen LogP contribution in [0.2, 0.25) is 0 Å². The predicted octanol–water partition coefficient (Wildman–Crippen LogP) is 2.57. The minimum atomic E-state index is 0.408. The Morgan fingerprint density at radius 3 is 2.50 bits per heavy atom. The quantitative estimate of drug-likeness (QED) is 0.800. The van der Waals surface area contributed by atoms with Crippen LogP contribution in [0.25, 0.3) is 0 Å². The van der Waals surface area contributed by atoms with Crippen molar-refractivity contribution >= 4 is 5.95 Å². The van der Waals surface area contributed by atoms with Gasteiger partial charge < -0.3 is 4.90 Å². The van der Waals surface area contributed by atoms with Crippen molar-refractivity contribution in [3.05, 3.63) is 66.0 Å². The molecule has 0 aliphatic carbocycles. The molecule has 1 saturated heterocycles. The summed E-state index contributed by atoms with van der Waals surface area (Å²) in [6, 6.07) is 12.2. The molecule has 6 heteroatoms. The number of benzene rings is 1. The summed E-state index contributed by atoms with van der Waals surface area (Å²) in [4.78, 5) is 15.6. The van der Waals surface area contributed by atoms with Crippen molar-refractivity contribution in [2.45, 2.75) is 25.2 Å². The lowest BCUT2D eigenvalue weighted by Gasteiger charge is -2.30. The molecule has 1 aliphatic heterocycles. The van der Waals surface area contributed by atoms with E-state index in [1.54, 1.807) is 12.4 Å². The topological polar surface area (TPSA) is 70.6 Å². The Kier molecular flexibility index (Phi) is 4.18. The van der Waals surface area contributed by atoms with E-state index in [1.807, 2.05) is 24.3 Å². The molecule has 122 valence electrons. The first-order valence-electron chi connectivity index (χ1n) is 8.35. The first-order chi connectivity index (χ1) is 11.9. The van der Waals surface area contributed by atoms with Crippen molar-refractivity contribution in [3.63, 3.8) is 0 Å². The second kappa shape index (κ2) is 6.78. The van der Waals surface area contributed by atoms with E-state index in [4.69, 9.17) is 4.98 Å². The summed E-state index contributed by atoms with van der Waals surface area (Å²) in [5.41, 5.74) is 1.25. The molecule has 6 nitrogen and oxygen atoms in total. The number of anilines is 1. The van der Waals surface area contributed by atoms with Crippen LogP contribution in [0.15, 0.2) is 48.8 Å². The number of piperidine rings is 1. The van der Waals surface area contributed by atoms with Crippen LogP contribution >= 0.6 is 0 Å². The predicted molar refractivity (Wildman–Crippen MR) is 91.9 cm³/mol. The normalized spacial score (nSPS) is 15.6. The van der Waals surface area contributed by atoms with Crippen LogP contribution < -0.4 is 4.90 Å². The summed E-state index contributed by atoms with van der Waals surface area (Å²) in [7, 11) is 0. The summed E-state index contributed by atoms with van der Waals surface area (Å²) in [5, 5.41) is 7.54. The first-order valence-corrected chi connectivity index (χ1v) is 8.35. The van der Waals surface area contributed by atoms with Crippen LogP contribution in [-0.2, 0) is 6.42 Å². The Morgan fingerprint density at radius 2 is 1.75 bits per heavy atom. The molecule has 0 atom stereocenters. The molecule has 1 N–H and O–H groups in total. The van der Waals surface area contributed by atoms with Crippen molar-refractivity contribution in [3.8, 4) is 0 Å². The Balaban J connectivity index is 1.38. The fraction of sp³-hybridized carbons (Fsp3) is 0.333.